The molecule has 6 heteroatoms. The van der Waals surface area contributed by atoms with E-state index in [1.165, 1.54) is 4.68 Å². The zero-order valence-corrected chi connectivity index (χ0v) is 16.9. The zero-order chi connectivity index (χ0) is 20.4. The first-order chi connectivity index (χ1) is 14.1. The second kappa shape index (κ2) is 8.21. The van der Waals surface area contributed by atoms with E-state index in [0.717, 1.165) is 48.1 Å². The summed E-state index contributed by atoms with van der Waals surface area (Å²) in [6.45, 7) is 1.69. The molecule has 0 aliphatic heterocycles. The Labute approximate surface area is 174 Å². The molecule has 0 radical (unpaired) electrons. The van der Waals surface area contributed by atoms with E-state index in [0.29, 0.717) is 10.7 Å². The number of para-hydroxylation sites is 1. The van der Waals surface area contributed by atoms with Crippen LogP contribution < -0.4 is 10.9 Å². The highest BCUT2D eigenvalue weighted by Crippen LogP contribution is 2.29. The van der Waals surface area contributed by atoms with Crippen LogP contribution in [-0.4, -0.2) is 15.7 Å². The highest BCUT2D eigenvalue weighted by Gasteiger charge is 2.25. The third-order valence-corrected chi connectivity index (χ3v) is 5.68. The van der Waals surface area contributed by atoms with Crippen molar-refractivity contribution in [1.29, 1.82) is 0 Å². The van der Waals surface area contributed by atoms with Crippen LogP contribution in [0.1, 0.15) is 36.9 Å². The molecule has 0 saturated heterocycles. The Morgan fingerprint density at radius 3 is 2.41 bits per heavy atom. The van der Waals surface area contributed by atoms with Crippen molar-refractivity contribution in [1.82, 2.24) is 9.78 Å². The quantitative estimate of drug-likeness (QED) is 0.685. The third kappa shape index (κ3) is 3.83. The Bertz CT molecular complexity index is 1110. The van der Waals surface area contributed by atoms with Gasteiger partial charge in [-0.3, -0.25) is 9.59 Å². The third-order valence-electron chi connectivity index (χ3n) is 5.35. The minimum atomic E-state index is -0.770. The van der Waals surface area contributed by atoms with Gasteiger partial charge < -0.3 is 5.32 Å². The fourth-order valence-electron chi connectivity index (χ4n) is 3.76. The highest BCUT2D eigenvalue weighted by molar-refractivity contribution is 6.33. The summed E-state index contributed by atoms with van der Waals surface area (Å²) >= 11 is 6.15. The number of fused-ring (bicyclic) bond motifs is 1. The van der Waals surface area contributed by atoms with Gasteiger partial charge in [-0.25, -0.2) is 4.68 Å². The summed E-state index contributed by atoms with van der Waals surface area (Å²) in [6, 6.07) is 16.1. The van der Waals surface area contributed by atoms with Crippen molar-refractivity contribution in [2.75, 3.05) is 5.32 Å². The maximum absolute atomic E-state index is 13.2. The molecule has 1 unspecified atom stereocenters. The van der Waals surface area contributed by atoms with Gasteiger partial charge in [0.15, 0.2) is 0 Å². The predicted octanol–water partition coefficient (Wildman–Crippen LogP) is 4.64. The number of hydrogen-bond acceptors (Lipinski definition) is 3. The van der Waals surface area contributed by atoms with Crippen LogP contribution in [0.2, 0.25) is 5.02 Å². The Morgan fingerprint density at radius 1 is 1.03 bits per heavy atom. The van der Waals surface area contributed by atoms with E-state index in [9.17, 15) is 9.59 Å². The molecular formula is C23H22ClN3O2. The fraction of sp³-hybridized carbons (Fsp3) is 0.261. The first kappa shape index (κ1) is 19.4. The van der Waals surface area contributed by atoms with Crippen molar-refractivity contribution in [2.45, 2.75) is 38.6 Å². The number of hydrogen-bond donors (Lipinski definition) is 1. The lowest BCUT2D eigenvalue weighted by Gasteiger charge is -2.22. The molecule has 3 aromatic rings. The van der Waals surface area contributed by atoms with Crippen LogP contribution in [0.4, 0.5) is 5.69 Å². The number of carbonyl (C=O) groups excluding carboxylic acids is 1. The molecule has 0 saturated carbocycles. The molecule has 1 N–H and O–H groups in total. The summed E-state index contributed by atoms with van der Waals surface area (Å²) in [5.74, 6) is -0.331. The molecule has 2 aromatic carbocycles. The molecule has 29 heavy (non-hydrogen) atoms. The predicted molar refractivity (Wildman–Crippen MR) is 115 cm³/mol. The Morgan fingerprint density at radius 2 is 1.69 bits per heavy atom. The van der Waals surface area contributed by atoms with Gasteiger partial charge in [-0.05, 0) is 50.3 Å². The van der Waals surface area contributed by atoms with Crippen molar-refractivity contribution in [3.8, 4) is 11.3 Å². The largest absolute Gasteiger partial charge is 0.323 e. The molecule has 1 aromatic heterocycles. The van der Waals surface area contributed by atoms with Gasteiger partial charge in [-0.2, -0.15) is 5.10 Å². The molecule has 4 rings (SSSR count). The van der Waals surface area contributed by atoms with Gasteiger partial charge in [-0.15, -0.1) is 0 Å². The summed E-state index contributed by atoms with van der Waals surface area (Å²) in [5, 5.41) is 7.90. The first-order valence-corrected chi connectivity index (χ1v) is 10.2. The molecule has 1 amide bonds. The van der Waals surface area contributed by atoms with E-state index in [4.69, 9.17) is 11.6 Å². The van der Waals surface area contributed by atoms with Crippen molar-refractivity contribution >= 4 is 23.2 Å². The molecule has 148 valence electrons. The summed E-state index contributed by atoms with van der Waals surface area (Å²) < 4.78 is 1.32. The number of rotatable bonds is 4. The number of aromatic nitrogens is 2. The Hall–Kier alpha value is -2.92. The van der Waals surface area contributed by atoms with Crippen molar-refractivity contribution in [3.05, 3.63) is 81.1 Å². The summed E-state index contributed by atoms with van der Waals surface area (Å²) in [7, 11) is 0. The van der Waals surface area contributed by atoms with Crippen LogP contribution in [0.3, 0.4) is 0 Å². The van der Waals surface area contributed by atoms with Crippen molar-refractivity contribution in [2.24, 2.45) is 0 Å². The van der Waals surface area contributed by atoms with Crippen molar-refractivity contribution < 1.29 is 4.79 Å². The Balaban J connectivity index is 1.76. The summed E-state index contributed by atoms with van der Waals surface area (Å²) in [4.78, 5) is 26.0. The summed E-state index contributed by atoms with van der Waals surface area (Å²) in [6.07, 6.45) is 3.57. The van der Waals surface area contributed by atoms with Gasteiger partial charge in [0.2, 0.25) is 5.91 Å². The van der Waals surface area contributed by atoms with Gasteiger partial charge in [0.25, 0.3) is 5.56 Å². The molecule has 1 atom stereocenters. The maximum Gasteiger partial charge on any atom is 0.271 e. The summed E-state index contributed by atoms with van der Waals surface area (Å²) in [5.41, 5.74) is 3.88. The topological polar surface area (TPSA) is 64.0 Å². The standard InChI is InChI=1S/C23H22ClN3O2/c1-15(22(28)25-20-14-8-7-13-19(20)24)27-23(29)18-12-6-5-11-17(18)21(26-27)16-9-3-2-4-10-16/h2-4,7-10,13-15H,5-6,11-12H2,1H3,(H,25,28). The lowest BCUT2D eigenvalue weighted by molar-refractivity contribution is -0.119. The fourth-order valence-corrected chi connectivity index (χ4v) is 3.94. The molecule has 1 heterocycles. The normalized spacial score (nSPS) is 14.1. The van der Waals surface area contributed by atoms with E-state index >= 15 is 0 Å². The Kier molecular flexibility index (Phi) is 5.49. The second-order valence-corrected chi connectivity index (χ2v) is 7.68. The number of halogens is 1. The minimum Gasteiger partial charge on any atom is -0.323 e. The molecule has 0 fully saturated rings. The van der Waals surface area contributed by atoms with E-state index in [2.05, 4.69) is 10.4 Å². The molecular weight excluding hydrogens is 386 g/mol. The average molecular weight is 408 g/mol. The van der Waals surface area contributed by atoms with E-state index in [-0.39, 0.29) is 11.5 Å². The number of benzene rings is 2. The number of carbonyl (C=O) groups is 1. The molecule has 1 aliphatic carbocycles. The van der Waals surface area contributed by atoms with Crippen LogP contribution in [0.5, 0.6) is 0 Å². The van der Waals surface area contributed by atoms with Crippen LogP contribution >= 0.6 is 11.6 Å². The lowest BCUT2D eigenvalue weighted by atomic mass is 9.89. The van der Waals surface area contributed by atoms with Crippen LogP contribution in [-0.2, 0) is 17.6 Å². The van der Waals surface area contributed by atoms with Gasteiger partial charge in [-0.1, -0.05) is 54.1 Å². The van der Waals surface area contributed by atoms with Gasteiger partial charge in [0.05, 0.1) is 16.4 Å². The van der Waals surface area contributed by atoms with Gasteiger partial charge in [0, 0.05) is 11.1 Å². The number of nitrogens with one attached hydrogen (secondary N) is 1. The molecule has 5 nitrogen and oxygen atoms in total. The van der Waals surface area contributed by atoms with E-state index in [1.54, 1.807) is 31.2 Å². The smallest absolute Gasteiger partial charge is 0.271 e. The number of nitrogens with zero attached hydrogens (tertiary/aromatic N) is 2. The number of amides is 1. The lowest BCUT2D eigenvalue weighted by Crippen LogP contribution is -2.37. The molecule has 0 bridgehead atoms. The first-order valence-electron chi connectivity index (χ1n) is 9.81. The zero-order valence-electron chi connectivity index (χ0n) is 16.2. The minimum absolute atomic E-state index is 0.179. The molecule has 1 aliphatic rings. The van der Waals surface area contributed by atoms with Crippen LogP contribution in [0.25, 0.3) is 11.3 Å². The van der Waals surface area contributed by atoms with Gasteiger partial charge in [0.1, 0.15) is 6.04 Å². The van der Waals surface area contributed by atoms with E-state index in [1.807, 2.05) is 30.3 Å². The van der Waals surface area contributed by atoms with E-state index < -0.39 is 6.04 Å². The monoisotopic (exact) mass is 407 g/mol. The van der Waals surface area contributed by atoms with Crippen LogP contribution in [0, 0.1) is 0 Å². The molecule has 0 spiro atoms. The van der Waals surface area contributed by atoms with Crippen LogP contribution in [0.15, 0.2) is 59.4 Å². The SMILES string of the molecule is CC(C(=O)Nc1ccccc1Cl)n1nc(-c2ccccc2)c2c(c1=O)CCCC2. The average Bonchev–Trinajstić information content (AvgIpc) is 2.76. The second-order valence-electron chi connectivity index (χ2n) is 7.27. The van der Waals surface area contributed by atoms with Crippen molar-refractivity contribution in [3.63, 3.8) is 0 Å². The van der Waals surface area contributed by atoms with Gasteiger partial charge >= 0.3 is 0 Å². The number of anilines is 1. The highest BCUT2D eigenvalue weighted by atomic mass is 35.5. The maximum atomic E-state index is 13.2.